The number of carbonyl (C=O) groups is 1. The van der Waals surface area contributed by atoms with Gasteiger partial charge in [-0.3, -0.25) is 4.79 Å². The van der Waals surface area contributed by atoms with E-state index < -0.39 is 18.6 Å². The first-order valence-electron chi connectivity index (χ1n) is 5.96. The molecule has 6 heteroatoms. The lowest BCUT2D eigenvalue weighted by Gasteiger charge is -2.24. The Kier molecular flexibility index (Phi) is 3.43. The summed E-state index contributed by atoms with van der Waals surface area (Å²) in [6.45, 7) is 0.321. The van der Waals surface area contributed by atoms with Gasteiger partial charge in [0, 0.05) is 6.04 Å². The third-order valence-corrected chi connectivity index (χ3v) is 3.07. The van der Waals surface area contributed by atoms with Crippen LogP contribution in [0.2, 0.25) is 0 Å². The van der Waals surface area contributed by atoms with Gasteiger partial charge in [-0.25, -0.2) is 0 Å². The highest BCUT2D eigenvalue weighted by molar-refractivity contribution is 5.97. The van der Waals surface area contributed by atoms with E-state index in [0.717, 1.165) is 4.90 Å². The number of aryl methyl sites for hydroxylation is 1. The van der Waals surface area contributed by atoms with Crippen LogP contribution in [0.5, 0.6) is 5.75 Å². The Morgan fingerprint density at radius 2 is 2.05 bits per heavy atom. The number of nitrogens with zero attached hydrogens (tertiary/aromatic N) is 1. The maximum absolute atomic E-state index is 12.5. The predicted molar refractivity (Wildman–Crippen MR) is 63.0 cm³/mol. The number of para-hydroxylation sites is 1. The summed E-state index contributed by atoms with van der Waals surface area (Å²) in [4.78, 5) is 12.9. The zero-order chi connectivity index (χ0) is 14.2. The highest BCUT2D eigenvalue weighted by atomic mass is 19.4. The maximum Gasteiger partial charge on any atom is 0.406 e. The molecule has 0 spiro atoms. The summed E-state index contributed by atoms with van der Waals surface area (Å²) in [7, 11) is 0. The summed E-state index contributed by atoms with van der Waals surface area (Å²) in [6.07, 6.45) is -3.28. The number of hydrogen-bond acceptors (Lipinski definition) is 2. The lowest BCUT2D eigenvalue weighted by atomic mass is 10.1. The number of alkyl halides is 3. The number of hydrogen-bond donors (Lipinski definition) is 1. The summed E-state index contributed by atoms with van der Waals surface area (Å²) in [6, 6.07) is 4.11. The van der Waals surface area contributed by atoms with Crippen molar-refractivity contribution < 1.29 is 23.1 Å². The molecule has 1 saturated carbocycles. The molecule has 0 radical (unpaired) electrons. The van der Waals surface area contributed by atoms with Gasteiger partial charge in [0.25, 0.3) is 5.91 Å². The molecule has 19 heavy (non-hydrogen) atoms. The Morgan fingerprint density at radius 1 is 1.42 bits per heavy atom. The van der Waals surface area contributed by atoms with E-state index in [9.17, 15) is 23.1 Å². The van der Waals surface area contributed by atoms with Crippen molar-refractivity contribution in [3.8, 4) is 5.75 Å². The van der Waals surface area contributed by atoms with Gasteiger partial charge in [0.2, 0.25) is 0 Å². The molecule has 0 saturated heterocycles. The molecule has 1 aliphatic rings. The van der Waals surface area contributed by atoms with Gasteiger partial charge >= 0.3 is 6.18 Å². The van der Waals surface area contributed by atoms with Crippen LogP contribution < -0.4 is 0 Å². The Bertz CT molecular complexity index is 495. The fourth-order valence-corrected chi connectivity index (χ4v) is 1.93. The molecule has 0 aromatic heterocycles. The molecule has 1 amide bonds. The molecule has 2 rings (SSSR count). The van der Waals surface area contributed by atoms with Gasteiger partial charge in [-0.1, -0.05) is 12.1 Å². The Labute approximate surface area is 108 Å². The highest BCUT2D eigenvalue weighted by Crippen LogP contribution is 2.33. The zero-order valence-corrected chi connectivity index (χ0v) is 10.4. The first-order valence-corrected chi connectivity index (χ1v) is 5.96. The van der Waals surface area contributed by atoms with Crippen molar-refractivity contribution in [3.63, 3.8) is 0 Å². The zero-order valence-electron chi connectivity index (χ0n) is 10.4. The number of benzene rings is 1. The van der Waals surface area contributed by atoms with E-state index in [1.807, 2.05) is 0 Å². The molecule has 0 heterocycles. The minimum Gasteiger partial charge on any atom is -0.507 e. The number of rotatable bonds is 3. The molecule has 0 aliphatic heterocycles. The number of amides is 1. The second-order valence-electron chi connectivity index (χ2n) is 4.75. The molecule has 1 aromatic rings. The van der Waals surface area contributed by atoms with Crippen LogP contribution in [-0.2, 0) is 0 Å². The van der Waals surface area contributed by atoms with Crippen molar-refractivity contribution in [1.29, 1.82) is 0 Å². The van der Waals surface area contributed by atoms with Gasteiger partial charge in [-0.15, -0.1) is 0 Å². The van der Waals surface area contributed by atoms with E-state index in [-0.39, 0.29) is 17.4 Å². The SMILES string of the molecule is Cc1cccc(C(=O)N(CC(F)(F)F)C2CC2)c1O. The predicted octanol–water partition coefficient (Wildman–Crippen LogP) is 2.87. The minimum absolute atomic E-state index is 0.0730. The van der Waals surface area contributed by atoms with Crippen molar-refractivity contribution in [2.45, 2.75) is 32.0 Å². The van der Waals surface area contributed by atoms with E-state index >= 15 is 0 Å². The third-order valence-electron chi connectivity index (χ3n) is 3.07. The van der Waals surface area contributed by atoms with Gasteiger partial charge in [0.05, 0.1) is 5.56 Å². The van der Waals surface area contributed by atoms with Crippen LogP contribution in [0, 0.1) is 6.92 Å². The summed E-state index contributed by atoms with van der Waals surface area (Å²) in [5, 5.41) is 9.79. The Balaban J connectivity index is 2.27. The lowest BCUT2D eigenvalue weighted by Crippen LogP contribution is -2.40. The lowest BCUT2D eigenvalue weighted by molar-refractivity contribution is -0.141. The number of phenolic OH excluding ortho intramolecular Hbond substituents is 1. The summed E-state index contributed by atoms with van der Waals surface area (Å²) >= 11 is 0. The van der Waals surface area contributed by atoms with E-state index in [1.165, 1.54) is 6.07 Å². The van der Waals surface area contributed by atoms with Crippen molar-refractivity contribution in [2.75, 3.05) is 6.54 Å². The Hall–Kier alpha value is -1.72. The largest absolute Gasteiger partial charge is 0.507 e. The molecule has 1 fully saturated rings. The van der Waals surface area contributed by atoms with Crippen LogP contribution in [0.15, 0.2) is 18.2 Å². The smallest absolute Gasteiger partial charge is 0.406 e. The molecule has 104 valence electrons. The quantitative estimate of drug-likeness (QED) is 0.920. The highest BCUT2D eigenvalue weighted by Gasteiger charge is 2.41. The number of carbonyl (C=O) groups excluding carboxylic acids is 1. The standard InChI is InChI=1S/C13H14F3NO2/c1-8-3-2-4-10(11(8)18)12(19)17(9-5-6-9)7-13(14,15)16/h2-4,9,18H,5-7H2,1H3. The first kappa shape index (κ1) is 13.7. The van der Waals surface area contributed by atoms with Crippen molar-refractivity contribution in [2.24, 2.45) is 0 Å². The van der Waals surface area contributed by atoms with Crippen LogP contribution in [0.1, 0.15) is 28.8 Å². The minimum atomic E-state index is -4.43. The number of aromatic hydroxyl groups is 1. The maximum atomic E-state index is 12.5. The normalized spacial score (nSPS) is 15.4. The van der Waals surface area contributed by atoms with Crippen LogP contribution in [0.3, 0.4) is 0 Å². The third kappa shape index (κ3) is 3.19. The van der Waals surface area contributed by atoms with Crippen molar-refractivity contribution in [3.05, 3.63) is 29.3 Å². The van der Waals surface area contributed by atoms with E-state index in [2.05, 4.69) is 0 Å². The average molecular weight is 273 g/mol. The van der Waals surface area contributed by atoms with Gasteiger partial charge in [-0.05, 0) is 31.4 Å². The molecule has 0 atom stereocenters. The monoisotopic (exact) mass is 273 g/mol. The van der Waals surface area contributed by atoms with Crippen LogP contribution in [0.25, 0.3) is 0 Å². The van der Waals surface area contributed by atoms with Gasteiger partial charge < -0.3 is 10.0 Å². The topological polar surface area (TPSA) is 40.5 Å². The number of halogens is 3. The van der Waals surface area contributed by atoms with Crippen LogP contribution >= 0.6 is 0 Å². The molecule has 0 unspecified atom stereocenters. The van der Waals surface area contributed by atoms with Crippen molar-refractivity contribution in [1.82, 2.24) is 4.90 Å². The Morgan fingerprint density at radius 3 is 2.58 bits per heavy atom. The fraction of sp³-hybridized carbons (Fsp3) is 0.462. The molecular weight excluding hydrogens is 259 g/mol. The van der Waals surface area contributed by atoms with Gasteiger partial charge in [-0.2, -0.15) is 13.2 Å². The molecule has 1 aromatic carbocycles. The summed E-state index contributed by atoms with van der Waals surface area (Å²) < 4.78 is 37.5. The average Bonchev–Trinajstić information content (AvgIpc) is 3.12. The first-order chi connectivity index (χ1) is 8.79. The van der Waals surface area contributed by atoms with E-state index in [4.69, 9.17) is 0 Å². The molecule has 1 aliphatic carbocycles. The fourth-order valence-electron chi connectivity index (χ4n) is 1.93. The second-order valence-corrected chi connectivity index (χ2v) is 4.75. The summed E-state index contributed by atoms with van der Waals surface area (Å²) in [5.41, 5.74) is 0.393. The molecule has 3 nitrogen and oxygen atoms in total. The molecular formula is C13H14F3NO2. The van der Waals surface area contributed by atoms with Crippen molar-refractivity contribution >= 4 is 5.91 Å². The van der Waals surface area contributed by atoms with Gasteiger partial charge in [0.15, 0.2) is 0 Å². The molecule has 0 bridgehead atoms. The second kappa shape index (κ2) is 4.75. The van der Waals surface area contributed by atoms with Gasteiger partial charge in [0.1, 0.15) is 12.3 Å². The molecule has 1 N–H and O–H groups in total. The van der Waals surface area contributed by atoms with E-state index in [1.54, 1.807) is 19.1 Å². The van der Waals surface area contributed by atoms with Crippen LogP contribution in [0.4, 0.5) is 13.2 Å². The van der Waals surface area contributed by atoms with E-state index in [0.29, 0.717) is 18.4 Å². The van der Waals surface area contributed by atoms with Crippen LogP contribution in [-0.4, -0.2) is 34.7 Å². The summed E-state index contributed by atoms with van der Waals surface area (Å²) in [5.74, 6) is -1.01. The number of phenols is 1.